The summed E-state index contributed by atoms with van der Waals surface area (Å²) in [5, 5.41) is 7.35. The zero-order valence-electron chi connectivity index (χ0n) is 16.0. The number of fused-ring (bicyclic) bond motifs is 2. The Kier molecular flexibility index (Phi) is 4.61. The van der Waals surface area contributed by atoms with Gasteiger partial charge in [-0.3, -0.25) is 4.79 Å². The van der Waals surface area contributed by atoms with Crippen LogP contribution in [0, 0.1) is 0 Å². The van der Waals surface area contributed by atoms with Crippen molar-refractivity contribution in [2.45, 2.75) is 18.9 Å². The maximum atomic E-state index is 12.8. The number of thiophene rings is 1. The quantitative estimate of drug-likeness (QED) is 0.481. The number of carbonyl (C=O) groups is 1. The number of aromatic nitrogens is 4. The van der Waals surface area contributed by atoms with E-state index in [1.54, 1.807) is 6.33 Å². The van der Waals surface area contributed by atoms with Crippen molar-refractivity contribution in [1.29, 1.82) is 0 Å². The van der Waals surface area contributed by atoms with Crippen LogP contribution < -0.4 is 10.6 Å². The van der Waals surface area contributed by atoms with Gasteiger partial charge in [0.15, 0.2) is 0 Å². The SMILES string of the molecule is CN1CCC(NC(=O)c2cc3c(Nc4ccc5nc[nH]c5c4)ncnc3s2)CC1. The van der Waals surface area contributed by atoms with Crippen molar-refractivity contribution in [2.75, 3.05) is 25.5 Å². The summed E-state index contributed by atoms with van der Waals surface area (Å²) in [6.45, 7) is 2.02. The van der Waals surface area contributed by atoms with E-state index in [-0.39, 0.29) is 11.9 Å². The fourth-order valence-corrected chi connectivity index (χ4v) is 4.53. The Bertz CT molecular complexity index is 1180. The second-order valence-corrected chi connectivity index (χ2v) is 8.39. The Morgan fingerprint density at radius 3 is 2.93 bits per heavy atom. The number of likely N-dealkylation sites (tertiary alicyclic amines) is 1. The van der Waals surface area contributed by atoms with Crippen LogP contribution in [0.2, 0.25) is 0 Å². The van der Waals surface area contributed by atoms with Gasteiger partial charge in [-0.1, -0.05) is 0 Å². The highest BCUT2D eigenvalue weighted by atomic mass is 32.1. The molecule has 5 rings (SSSR count). The average molecular weight is 408 g/mol. The number of benzene rings is 1. The minimum absolute atomic E-state index is 0.0348. The summed E-state index contributed by atoms with van der Waals surface area (Å²) in [4.78, 5) is 32.6. The van der Waals surface area contributed by atoms with Crippen molar-refractivity contribution in [2.24, 2.45) is 0 Å². The van der Waals surface area contributed by atoms with Gasteiger partial charge >= 0.3 is 0 Å². The molecule has 0 saturated carbocycles. The molecule has 1 fully saturated rings. The number of carbonyl (C=O) groups excluding carboxylic acids is 1. The zero-order chi connectivity index (χ0) is 19.8. The highest BCUT2D eigenvalue weighted by Gasteiger charge is 2.21. The summed E-state index contributed by atoms with van der Waals surface area (Å²) in [7, 11) is 2.11. The van der Waals surface area contributed by atoms with Crippen LogP contribution in [0.25, 0.3) is 21.3 Å². The molecule has 8 nitrogen and oxygen atoms in total. The number of amides is 1. The Labute approximate surface area is 171 Å². The predicted molar refractivity (Wildman–Crippen MR) is 115 cm³/mol. The minimum Gasteiger partial charge on any atom is -0.349 e. The third kappa shape index (κ3) is 3.66. The van der Waals surface area contributed by atoms with Gasteiger partial charge in [0.25, 0.3) is 5.91 Å². The number of anilines is 2. The fraction of sp³-hybridized carbons (Fsp3) is 0.300. The molecule has 4 heterocycles. The summed E-state index contributed by atoms with van der Waals surface area (Å²) >= 11 is 1.39. The molecule has 1 saturated heterocycles. The third-order valence-corrected chi connectivity index (χ3v) is 6.33. The van der Waals surface area contributed by atoms with Gasteiger partial charge in [-0.2, -0.15) is 0 Å². The molecular weight excluding hydrogens is 386 g/mol. The first-order valence-electron chi connectivity index (χ1n) is 9.60. The molecule has 0 bridgehead atoms. The van der Waals surface area contributed by atoms with E-state index in [4.69, 9.17) is 0 Å². The molecular formula is C20H21N7OS. The van der Waals surface area contributed by atoms with Gasteiger partial charge < -0.3 is 20.5 Å². The van der Waals surface area contributed by atoms with Gasteiger partial charge in [-0.05, 0) is 57.2 Å². The molecule has 1 aliphatic rings. The van der Waals surface area contributed by atoms with E-state index >= 15 is 0 Å². The second-order valence-electron chi connectivity index (χ2n) is 7.36. The molecule has 29 heavy (non-hydrogen) atoms. The van der Waals surface area contributed by atoms with Crippen molar-refractivity contribution < 1.29 is 4.79 Å². The lowest BCUT2D eigenvalue weighted by Gasteiger charge is -2.29. The van der Waals surface area contributed by atoms with Crippen LogP contribution in [0.4, 0.5) is 11.5 Å². The van der Waals surface area contributed by atoms with E-state index < -0.39 is 0 Å². The van der Waals surface area contributed by atoms with Crippen LogP contribution in [0.5, 0.6) is 0 Å². The smallest absolute Gasteiger partial charge is 0.261 e. The number of hydrogen-bond donors (Lipinski definition) is 3. The van der Waals surface area contributed by atoms with Gasteiger partial charge in [0.05, 0.1) is 27.6 Å². The molecule has 1 amide bonds. The first-order chi connectivity index (χ1) is 14.2. The molecule has 1 aliphatic heterocycles. The van der Waals surface area contributed by atoms with Crippen LogP contribution in [-0.4, -0.2) is 56.9 Å². The Balaban J connectivity index is 1.38. The number of rotatable bonds is 4. The molecule has 9 heteroatoms. The third-order valence-electron chi connectivity index (χ3n) is 5.29. The molecule has 0 spiro atoms. The van der Waals surface area contributed by atoms with E-state index in [1.807, 2.05) is 24.3 Å². The summed E-state index contributed by atoms with van der Waals surface area (Å²) < 4.78 is 0. The molecule has 0 radical (unpaired) electrons. The number of hydrogen-bond acceptors (Lipinski definition) is 7. The highest BCUT2D eigenvalue weighted by Crippen LogP contribution is 2.30. The molecule has 4 aromatic rings. The van der Waals surface area contributed by atoms with Gasteiger partial charge in [0.2, 0.25) is 0 Å². The van der Waals surface area contributed by atoms with E-state index in [9.17, 15) is 4.79 Å². The Hall–Kier alpha value is -3.04. The average Bonchev–Trinajstić information content (AvgIpc) is 3.36. The van der Waals surface area contributed by atoms with Crippen molar-refractivity contribution in [3.8, 4) is 0 Å². The largest absolute Gasteiger partial charge is 0.349 e. The van der Waals surface area contributed by atoms with Crippen LogP contribution in [0.15, 0.2) is 36.9 Å². The number of aromatic amines is 1. The molecule has 3 aromatic heterocycles. The number of nitrogens with zero attached hydrogens (tertiary/aromatic N) is 4. The van der Waals surface area contributed by atoms with E-state index in [2.05, 4.69) is 42.5 Å². The maximum Gasteiger partial charge on any atom is 0.261 e. The van der Waals surface area contributed by atoms with Crippen molar-refractivity contribution >= 4 is 50.0 Å². The van der Waals surface area contributed by atoms with Crippen LogP contribution in [0.3, 0.4) is 0 Å². The number of piperidine rings is 1. The van der Waals surface area contributed by atoms with E-state index in [0.29, 0.717) is 10.7 Å². The van der Waals surface area contributed by atoms with Gasteiger partial charge in [-0.25, -0.2) is 15.0 Å². The topological polar surface area (TPSA) is 98.8 Å². The fourth-order valence-electron chi connectivity index (χ4n) is 3.63. The lowest BCUT2D eigenvalue weighted by Crippen LogP contribution is -2.43. The molecule has 3 N–H and O–H groups in total. The van der Waals surface area contributed by atoms with Gasteiger partial charge in [-0.15, -0.1) is 11.3 Å². The molecule has 0 unspecified atom stereocenters. The zero-order valence-corrected chi connectivity index (χ0v) is 16.8. The first kappa shape index (κ1) is 18.0. The number of H-pyrrole nitrogens is 1. The first-order valence-corrected chi connectivity index (χ1v) is 10.4. The number of imidazole rings is 1. The van der Waals surface area contributed by atoms with E-state index in [0.717, 1.165) is 52.9 Å². The normalized spacial score (nSPS) is 15.8. The Morgan fingerprint density at radius 2 is 2.07 bits per heavy atom. The lowest BCUT2D eigenvalue weighted by molar-refractivity contribution is 0.0921. The number of nitrogens with one attached hydrogen (secondary N) is 3. The van der Waals surface area contributed by atoms with Crippen LogP contribution in [0.1, 0.15) is 22.5 Å². The second kappa shape index (κ2) is 7.41. The van der Waals surface area contributed by atoms with Crippen molar-refractivity contribution in [1.82, 2.24) is 30.2 Å². The van der Waals surface area contributed by atoms with Crippen LogP contribution in [-0.2, 0) is 0 Å². The minimum atomic E-state index is -0.0348. The van der Waals surface area contributed by atoms with Gasteiger partial charge in [0, 0.05) is 11.7 Å². The predicted octanol–water partition coefficient (Wildman–Crippen LogP) is 3.14. The van der Waals surface area contributed by atoms with Crippen LogP contribution >= 0.6 is 11.3 Å². The summed E-state index contributed by atoms with van der Waals surface area (Å²) in [5.74, 6) is 0.649. The molecule has 148 valence electrons. The van der Waals surface area contributed by atoms with Gasteiger partial charge in [0.1, 0.15) is 17.0 Å². The monoisotopic (exact) mass is 407 g/mol. The standard InChI is InChI=1S/C20H21N7OS/c1-27-6-4-12(5-7-27)26-19(28)17-9-14-18(23-11-24-20(14)29-17)25-13-2-3-15-16(8-13)22-10-21-15/h2-3,8-12H,4-7H2,1H3,(H,21,22)(H,26,28)(H,23,24,25). The molecule has 1 aromatic carbocycles. The lowest BCUT2D eigenvalue weighted by atomic mass is 10.1. The molecule has 0 aliphatic carbocycles. The van der Waals surface area contributed by atoms with Crippen molar-refractivity contribution in [3.63, 3.8) is 0 Å². The Morgan fingerprint density at radius 1 is 1.21 bits per heavy atom. The van der Waals surface area contributed by atoms with E-state index in [1.165, 1.54) is 17.7 Å². The maximum absolute atomic E-state index is 12.8. The summed E-state index contributed by atoms with van der Waals surface area (Å²) in [6, 6.07) is 7.99. The molecule has 0 atom stereocenters. The van der Waals surface area contributed by atoms with Crippen molar-refractivity contribution in [3.05, 3.63) is 41.8 Å². The summed E-state index contributed by atoms with van der Waals surface area (Å²) in [6.07, 6.45) is 5.16. The summed E-state index contributed by atoms with van der Waals surface area (Å²) in [5.41, 5.74) is 2.75. The highest BCUT2D eigenvalue weighted by molar-refractivity contribution is 7.20.